The second kappa shape index (κ2) is 8.27. The number of hydrogen-bond donors (Lipinski definition) is 0. The van der Waals surface area contributed by atoms with Gasteiger partial charge in [0, 0.05) is 11.1 Å². The molecule has 2 heteroatoms. The molecule has 0 aliphatic rings. The maximum Gasteiger partial charge on any atom is 0.0978 e. The van der Waals surface area contributed by atoms with Crippen LogP contribution in [0.1, 0.15) is 45.7 Å². The first-order valence-corrected chi connectivity index (χ1v) is 12.1. The Kier molecular flexibility index (Phi) is 3.81. The second-order valence-corrected chi connectivity index (χ2v) is 10.4. The van der Waals surface area contributed by atoms with Crippen molar-refractivity contribution in [3.8, 4) is 22.5 Å². The summed E-state index contributed by atoms with van der Waals surface area (Å²) >= 11 is 0. The summed E-state index contributed by atoms with van der Waals surface area (Å²) in [5, 5.41) is 2.16. The van der Waals surface area contributed by atoms with Crippen molar-refractivity contribution in [3.05, 3.63) is 108 Å². The van der Waals surface area contributed by atoms with E-state index < -0.39 is 12.1 Å². The van der Waals surface area contributed by atoms with E-state index in [0.29, 0.717) is 11.4 Å². The fourth-order valence-electron chi connectivity index (χ4n) is 4.98. The fraction of sp³-hybridized carbons (Fsp3) is 0.176. The van der Waals surface area contributed by atoms with E-state index in [-0.39, 0.29) is 51.4 Å². The minimum Gasteiger partial charge on any atom is -0.244 e. The zero-order valence-electron chi connectivity index (χ0n) is 27.1. The van der Waals surface area contributed by atoms with E-state index in [4.69, 9.17) is 18.2 Å². The standard InChI is InChI=1S/C34H30N2/c1-21-11-10-12-22(2)31(21)33-32(35-29-19-23-13-6-7-14-24(23)20-30(29)36-33)26-17-25-15-8-9-16-27(25)28(18-26)34(3,4)5/h6-20H,1-5H3/i6D,7D,13D,14D,19D,20D. The topological polar surface area (TPSA) is 25.8 Å². The Labute approximate surface area is 221 Å². The van der Waals surface area contributed by atoms with Crippen molar-refractivity contribution in [2.75, 3.05) is 0 Å². The van der Waals surface area contributed by atoms with Gasteiger partial charge in [0.25, 0.3) is 0 Å². The van der Waals surface area contributed by atoms with Crippen molar-refractivity contribution in [1.82, 2.24) is 9.97 Å². The summed E-state index contributed by atoms with van der Waals surface area (Å²) < 4.78 is 51.6. The van der Waals surface area contributed by atoms with Crippen LogP contribution in [0.15, 0.2) is 90.9 Å². The Morgan fingerprint density at radius 3 is 1.94 bits per heavy atom. The van der Waals surface area contributed by atoms with Crippen LogP contribution in [0.3, 0.4) is 0 Å². The van der Waals surface area contributed by atoms with Gasteiger partial charge >= 0.3 is 0 Å². The van der Waals surface area contributed by atoms with Gasteiger partial charge in [0.15, 0.2) is 0 Å². The molecule has 0 fully saturated rings. The zero-order valence-corrected chi connectivity index (χ0v) is 21.1. The van der Waals surface area contributed by atoms with Gasteiger partial charge in [-0.2, -0.15) is 0 Å². The van der Waals surface area contributed by atoms with Crippen LogP contribution in [-0.2, 0) is 5.41 Å². The lowest BCUT2D eigenvalue weighted by atomic mass is 9.82. The highest BCUT2D eigenvalue weighted by Crippen LogP contribution is 2.39. The molecule has 2 nitrogen and oxygen atoms in total. The van der Waals surface area contributed by atoms with Crippen molar-refractivity contribution in [3.63, 3.8) is 0 Å². The first-order chi connectivity index (χ1) is 19.8. The number of rotatable bonds is 2. The highest BCUT2D eigenvalue weighted by atomic mass is 14.8. The maximum absolute atomic E-state index is 9.09. The first-order valence-electron chi connectivity index (χ1n) is 15.1. The van der Waals surface area contributed by atoms with Crippen molar-refractivity contribution in [1.29, 1.82) is 0 Å². The van der Waals surface area contributed by atoms with Crippen LogP contribution in [0.25, 0.3) is 55.1 Å². The van der Waals surface area contributed by atoms with Gasteiger partial charge in [-0.05, 0) is 81.7 Å². The summed E-state index contributed by atoms with van der Waals surface area (Å²) in [6.07, 6.45) is 0. The number of aromatic nitrogens is 2. The monoisotopic (exact) mass is 472 g/mol. The quantitative estimate of drug-likeness (QED) is 0.235. The molecule has 0 N–H and O–H groups in total. The van der Waals surface area contributed by atoms with Crippen molar-refractivity contribution >= 4 is 32.6 Å². The van der Waals surface area contributed by atoms with Crippen LogP contribution in [0.5, 0.6) is 0 Å². The highest BCUT2D eigenvalue weighted by molar-refractivity contribution is 5.99. The molecule has 176 valence electrons. The minimum atomic E-state index is -0.440. The molecule has 6 aromatic rings. The predicted molar refractivity (Wildman–Crippen MR) is 154 cm³/mol. The summed E-state index contributed by atoms with van der Waals surface area (Å²) in [4.78, 5) is 10.1. The Morgan fingerprint density at radius 1 is 0.694 bits per heavy atom. The largest absolute Gasteiger partial charge is 0.244 e. The normalized spacial score (nSPS) is 14.4. The molecule has 0 saturated carbocycles. The number of nitrogens with zero attached hydrogens (tertiary/aromatic N) is 2. The van der Waals surface area contributed by atoms with Crippen LogP contribution in [0.2, 0.25) is 0 Å². The van der Waals surface area contributed by atoms with Crippen LogP contribution in [0.4, 0.5) is 0 Å². The Morgan fingerprint density at radius 2 is 1.31 bits per heavy atom. The lowest BCUT2D eigenvalue weighted by Crippen LogP contribution is -2.12. The molecule has 36 heavy (non-hydrogen) atoms. The van der Waals surface area contributed by atoms with E-state index in [0.717, 1.165) is 38.6 Å². The molecule has 6 rings (SSSR count). The Balaban J connectivity index is 1.84. The van der Waals surface area contributed by atoms with Gasteiger partial charge in [-0.15, -0.1) is 0 Å². The second-order valence-electron chi connectivity index (χ2n) is 10.4. The summed E-state index contributed by atoms with van der Waals surface area (Å²) in [7, 11) is 0. The van der Waals surface area contributed by atoms with Gasteiger partial charge in [0.1, 0.15) is 0 Å². The van der Waals surface area contributed by atoms with Gasteiger partial charge in [-0.25, -0.2) is 9.97 Å². The third-order valence-electron chi connectivity index (χ3n) is 6.73. The van der Waals surface area contributed by atoms with Crippen molar-refractivity contribution < 1.29 is 8.22 Å². The number of fused-ring (bicyclic) bond motifs is 3. The smallest absolute Gasteiger partial charge is 0.0978 e. The summed E-state index contributed by atoms with van der Waals surface area (Å²) in [6, 6.07) is 16.5. The summed E-state index contributed by atoms with van der Waals surface area (Å²) in [5.41, 5.74) is 6.05. The van der Waals surface area contributed by atoms with Crippen LogP contribution in [-0.4, -0.2) is 9.97 Å². The van der Waals surface area contributed by atoms with E-state index >= 15 is 0 Å². The van der Waals surface area contributed by atoms with E-state index in [2.05, 4.69) is 45.0 Å². The molecular weight excluding hydrogens is 436 g/mol. The lowest BCUT2D eigenvalue weighted by molar-refractivity contribution is 0.596. The minimum absolute atomic E-state index is 0.0197. The lowest BCUT2D eigenvalue weighted by Gasteiger charge is -2.23. The molecule has 0 saturated heterocycles. The molecule has 0 amide bonds. The molecule has 1 heterocycles. The van der Waals surface area contributed by atoms with E-state index in [1.807, 2.05) is 44.2 Å². The Hall–Kier alpha value is -4.04. The van der Waals surface area contributed by atoms with Gasteiger partial charge in [0.2, 0.25) is 0 Å². The molecule has 0 bridgehead atoms. The summed E-state index contributed by atoms with van der Waals surface area (Å²) in [5.74, 6) is 0. The van der Waals surface area contributed by atoms with Gasteiger partial charge in [-0.3, -0.25) is 0 Å². The third kappa shape index (κ3) is 3.74. The average Bonchev–Trinajstić information content (AvgIpc) is 2.95. The maximum atomic E-state index is 9.09. The molecule has 0 unspecified atom stereocenters. The molecule has 0 atom stereocenters. The van der Waals surface area contributed by atoms with E-state index in [9.17, 15) is 0 Å². The van der Waals surface area contributed by atoms with E-state index in [1.54, 1.807) is 0 Å². The molecule has 0 aliphatic carbocycles. The van der Waals surface area contributed by atoms with Crippen LogP contribution >= 0.6 is 0 Å². The number of benzene rings is 5. The molecule has 0 aliphatic heterocycles. The fourth-order valence-corrected chi connectivity index (χ4v) is 4.98. The highest BCUT2D eigenvalue weighted by Gasteiger charge is 2.22. The number of hydrogen-bond acceptors (Lipinski definition) is 2. The number of aryl methyl sites for hydroxylation is 2. The molecule has 0 radical (unpaired) electrons. The van der Waals surface area contributed by atoms with Crippen molar-refractivity contribution in [2.45, 2.75) is 40.0 Å². The van der Waals surface area contributed by atoms with Gasteiger partial charge in [-0.1, -0.05) is 87.4 Å². The first kappa shape index (κ1) is 16.6. The van der Waals surface area contributed by atoms with E-state index in [1.165, 1.54) is 0 Å². The molecule has 0 spiro atoms. The molecule has 1 aromatic heterocycles. The molecule has 5 aromatic carbocycles. The molecular formula is C34H30N2. The van der Waals surface area contributed by atoms with Gasteiger partial charge < -0.3 is 0 Å². The summed E-state index contributed by atoms with van der Waals surface area (Å²) in [6.45, 7) is 10.5. The zero-order chi connectivity index (χ0) is 30.2. The SMILES string of the molecule is [2H]c1c([2H])c([2H])c2c([2H])c3nc(-c4c(C)cccc4C)c(-c4cc(C(C)(C)C)c5ccccc5c4)nc3c([2H])c2c1[2H]. The third-order valence-corrected chi connectivity index (χ3v) is 6.73. The Bertz CT molecular complexity index is 2090. The predicted octanol–water partition coefficient (Wildman–Crippen LogP) is 9.18. The van der Waals surface area contributed by atoms with Crippen LogP contribution in [0, 0.1) is 13.8 Å². The van der Waals surface area contributed by atoms with Crippen molar-refractivity contribution in [2.24, 2.45) is 0 Å². The average molecular weight is 473 g/mol. The van der Waals surface area contributed by atoms with Crippen LogP contribution < -0.4 is 0 Å². The van der Waals surface area contributed by atoms with Gasteiger partial charge in [0.05, 0.1) is 30.6 Å².